The lowest BCUT2D eigenvalue weighted by molar-refractivity contribution is 0.179. The molecule has 2 atom stereocenters. The van der Waals surface area contributed by atoms with E-state index in [1.165, 1.54) is 18.4 Å². The number of likely N-dealkylation sites (tertiary alicyclic amines) is 1. The summed E-state index contributed by atoms with van der Waals surface area (Å²) < 4.78 is 10.7. The Labute approximate surface area is 145 Å². The van der Waals surface area contributed by atoms with E-state index in [1.54, 1.807) is 14.2 Å². The van der Waals surface area contributed by atoms with Crippen molar-refractivity contribution in [3.8, 4) is 5.75 Å². The molecule has 6 nitrogen and oxygen atoms in total. The van der Waals surface area contributed by atoms with Gasteiger partial charge in [-0.05, 0) is 38.9 Å². The first kappa shape index (κ1) is 18.5. The van der Waals surface area contributed by atoms with Crippen molar-refractivity contribution in [2.45, 2.75) is 31.8 Å². The minimum atomic E-state index is 0.134. The number of para-hydroxylation sites is 1. The quantitative estimate of drug-likeness (QED) is 0.560. The van der Waals surface area contributed by atoms with Crippen molar-refractivity contribution >= 4 is 5.96 Å². The van der Waals surface area contributed by atoms with E-state index < -0.39 is 0 Å². The lowest BCUT2D eigenvalue weighted by atomic mass is 10.0. The standard InChI is InChI=1S/C18H30N4O2/c1-14(13-23-2)21-18(19)20-12-16(22-10-6-7-11-22)15-8-4-5-9-17(15)24-3/h4-5,8-9,14,16H,6-7,10-13H2,1-3H3,(H3,19,20,21). The zero-order valence-electron chi connectivity index (χ0n) is 15.0. The van der Waals surface area contributed by atoms with Crippen LogP contribution >= 0.6 is 0 Å². The fourth-order valence-electron chi connectivity index (χ4n) is 3.18. The van der Waals surface area contributed by atoms with Gasteiger partial charge < -0.3 is 20.5 Å². The summed E-state index contributed by atoms with van der Waals surface area (Å²) >= 11 is 0. The Morgan fingerprint density at radius 3 is 2.67 bits per heavy atom. The van der Waals surface area contributed by atoms with Crippen LogP contribution in [0.15, 0.2) is 29.3 Å². The number of hydrogen-bond acceptors (Lipinski definition) is 4. The maximum Gasteiger partial charge on any atom is 0.188 e. The summed E-state index contributed by atoms with van der Waals surface area (Å²) in [6.45, 7) is 5.40. The molecule has 1 aromatic rings. The molecule has 0 amide bonds. The van der Waals surface area contributed by atoms with Crippen LogP contribution in [-0.2, 0) is 4.74 Å². The van der Waals surface area contributed by atoms with Crippen molar-refractivity contribution in [3.05, 3.63) is 29.8 Å². The zero-order chi connectivity index (χ0) is 17.4. The monoisotopic (exact) mass is 334 g/mol. The molecule has 0 spiro atoms. The van der Waals surface area contributed by atoms with Crippen LogP contribution in [0, 0.1) is 0 Å². The molecule has 1 fully saturated rings. The first-order chi connectivity index (χ1) is 11.7. The van der Waals surface area contributed by atoms with E-state index in [1.807, 2.05) is 25.1 Å². The number of ether oxygens (including phenoxy) is 2. The number of nitrogens with two attached hydrogens (primary N) is 1. The van der Waals surface area contributed by atoms with Crippen molar-refractivity contribution in [2.75, 3.05) is 40.5 Å². The van der Waals surface area contributed by atoms with Gasteiger partial charge in [0.1, 0.15) is 5.75 Å². The third-order valence-corrected chi connectivity index (χ3v) is 4.32. The molecule has 0 saturated carbocycles. The van der Waals surface area contributed by atoms with Gasteiger partial charge in [-0.3, -0.25) is 9.89 Å². The van der Waals surface area contributed by atoms with Crippen molar-refractivity contribution < 1.29 is 9.47 Å². The van der Waals surface area contributed by atoms with Crippen molar-refractivity contribution in [1.82, 2.24) is 10.2 Å². The molecule has 0 radical (unpaired) electrons. The molecule has 6 heteroatoms. The number of nitrogens with zero attached hydrogens (tertiary/aromatic N) is 2. The predicted octanol–water partition coefficient (Wildman–Crippen LogP) is 1.77. The molecule has 2 unspecified atom stereocenters. The molecule has 0 bridgehead atoms. The smallest absolute Gasteiger partial charge is 0.188 e. The molecule has 134 valence electrons. The second kappa shape index (κ2) is 9.49. The number of guanidine groups is 1. The summed E-state index contributed by atoms with van der Waals surface area (Å²) in [6, 6.07) is 8.48. The fraction of sp³-hybridized carbons (Fsp3) is 0.611. The summed E-state index contributed by atoms with van der Waals surface area (Å²) in [7, 11) is 3.39. The predicted molar refractivity (Wildman–Crippen MR) is 97.5 cm³/mol. The number of benzene rings is 1. The van der Waals surface area contributed by atoms with E-state index in [0.29, 0.717) is 19.1 Å². The molecule has 24 heavy (non-hydrogen) atoms. The summed E-state index contributed by atoms with van der Waals surface area (Å²) in [4.78, 5) is 7.04. The highest BCUT2D eigenvalue weighted by atomic mass is 16.5. The Hall–Kier alpha value is -1.79. The molecular formula is C18H30N4O2. The van der Waals surface area contributed by atoms with E-state index in [9.17, 15) is 0 Å². The lowest BCUT2D eigenvalue weighted by Crippen LogP contribution is -2.41. The Kier molecular flexibility index (Phi) is 7.34. The van der Waals surface area contributed by atoms with Gasteiger partial charge in [0.05, 0.1) is 26.3 Å². The van der Waals surface area contributed by atoms with Gasteiger partial charge in [0, 0.05) is 18.7 Å². The minimum Gasteiger partial charge on any atom is -0.496 e. The van der Waals surface area contributed by atoms with Crippen LogP contribution in [0.1, 0.15) is 31.4 Å². The maximum absolute atomic E-state index is 6.03. The molecule has 2 rings (SSSR count). The first-order valence-corrected chi connectivity index (χ1v) is 8.58. The molecule has 1 heterocycles. The molecule has 1 aliphatic rings. The highest BCUT2D eigenvalue weighted by Gasteiger charge is 2.25. The summed E-state index contributed by atoms with van der Waals surface area (Å²) in [5, 5.41) is 3.16. The van der Waals surface area contributed by atoms with Gasteiger partial charge in [0.25, 0.3) is 0 Å². The Morgan fingerprint density at radius 2 is 2.00 bits per heavy atom. The maximum atomic E-state index is 6.03. The molecule has 0 aromatic heterocycles. The normalized spacial score (nSPS) is 18.4. The number of rotatable bonds is 8. The third kappa shape index (κ3) is 5.11. The van der Waals surface area contributed by atoms with Gasteiger partial charge in [0.15, 0.2) is 5.96 Å². The molecule has 1 aromatic carbocycles. The van der Waals surface area contributed by atoms with Gasteiger partial charge in [-0.15, -0.1) is 0 Å². The van der Waals surface area contributed by atoms with Gasteiger partial charge in [0.2, 0.25) is 0 Å². The fourth-order valence-corrected chi connectivity index (χ4v) is 3.18. The zero-order valence-corrected chi connectivity index (χ0v) is 15.0. The minimum absolute atomic E-state index is 0.134. The first-order valence-electron chi connectivity index (χ1n) is 8.58. The van der Waals surface area contributed by atoms with E-state index in [-0.39, 0.29) is 12.1 Å². The van der Waals surface area contributed by atoms with Crippen LogP contribution in [0.2, 0.25) is 0 Å². The largest absolute Gasteiger partial charge is 0.496 e. The van der Waals surface area contributed by atoms with Gasteiger partial charge >= 0.3 is 0 Å². The molecule has 0 aliphatic carbocycles. The molecule has 1 aliphatic heterocycles. The molecular weight excluding hydrogens is 304 g/mol. The van der Waals surface area contributed by atoms with Gasteiger partial charge in [-0.1, -0.05) is 18.2 Å². The Morgan fingerprint density at radius 1 is 1.29 bits per heavy atom. The summed E-state index contributed by atoms with van der Waals surface area (Å²) in [6.07, 6.45) is 2.46. The van der Waals surface area contributed by atoms with Gasteiger partial charge in [-0.2, -0.15) is 0 Å². The van der Waals surface area contributed by atoms with Crippen LogP contribution in [0.3, 0.4) is 0 Å². The van der Waals surface area contributed by atoms with E-state index in [0.717, 1.165) is 18.8 Å². The Balaban J connectivity index is 2.12. The highest BCUT2D eigenvalue weighted by molar-refractivity contribution is 5.78. The summed E-state index contributed by atoms with van der Waals surface area (Å²) in [5.41, 5.74) is 7.20. The second-order valence-corrected chi connectivity index (χ2v) is 6.23. The van der Waals surface area contributed by atoms with Crippen LogP contribution in [0.4, 0.5) is 0 Å². The highest BCUT2D eigenvalue weighted by Crippen LogP contribution is 2.31. The van der Waals surface area contributed by atoms with E-state index in [4.69, 9.17) is 15.2 Å². The number of hydrogen-bond donors (Lipinski definition) is 2. The van der Waals surface area contributed by atoms with Crippen LogP contribution in [0.5, 0.6) is 5.75 Å². The number of nitrogens with one attached hydrogen (secondary N) is 1. The molecule has 3 N–H and O–H groups in total. The average molecular weight is 334 g/mol. The third-order valence-electron chi connectivity index (χ3n) is 4.32. The number of aliphatic imine (C=N–C) groups is 1. The topological polar surface area (TPSA) is 72.1 Å². The summed E-state index contributed by atoms with van der Waals surface area (Å²) in [5.74, 6) is 1.36. The van der Waals surface area contributed by atoms with Crippen LogP contribution in [-0.4, -0.2) is 57.4 Å². The van der Waals surface area contributed by atoms with Crippen molar-refractivity contribution in [3.63, 3.8) is 0 Å². The number of methoxy groups -OCH3 is 2. The second-order valence-electron chi connectivity index (χ2n) is 6.23. The van der Waals surface area contributed by atoms with Crippen molar-refractivity contribution in [2.24, 2.45) is 10.7 Å². The van der Waals surface area contributed by atoms with Crippen molar-refractivity contribution in [1.29, 1.82) is 0 Å². The SMILES string of the molecule is COCC(C)NC(N)=NCC(c1ccccc1OC)N1CCCC1. The average Bonchev–Trinajstić information content (AvgIpc) is 3.10. The van der Waals surface area contributed by atoms with Crippen LogP contribution in [0.25, 0.3) is 0 Å². The van der Waals surface area contributed by atoms with Gasteiger partial charge in [-0.25, -0.2) is 0 Å². The van der Waals surface area contributed by atoms with E-state index in [2.05, 4.69) is 21.3 Å². The van der Waals surface area contributed by atoms with E-state index >= 15 is 0 Å². The Bertz CT molecular complexity index is 530. The molecule has 1 saturated heterocycles. The lowest BCUT2D eigenvalue weighted by Gasteiger charge is -2.28. The van der Waals surface area contributed by atoms with Crippen LogP contribution < -0.4 is 15.8 Å².